The molecule has 0 aromatic heterocycles. The minimum absolute atomic E-state index is 0.289. The third-order valence-corrected chi connectivity index (χ3v) is 2.33. The highest BCUT2D eigenvalue weighted by molar-refractivity contribution is 5.73. The molecule has 1 unspecified atom stereocenters. The Morgan fingerprint density at radius 1 is 1.54 bits per heavy atom. The van der Waals surface area contributed by atoms with E-state index in [2.05, 4.69) is 5.32 Å². The van der Waals surface area contributed by atoms with E-state index in [9.17, 15) is 4.79 Å². The van der Waals surface area contributed by atoms with E-state index >= 15 is 0 Å². The van der Waals surface area contributed by atoms with Crippen molar-refractivity contribution in [1.29, 1.82) is 0 Å². The van der Waals surface area contributed by atoms with Crippen molar-refractivity contribution >= 4 is 5.91 Å². The van der Waals surface area contributed by atoms with E-state index in [-0.39, 0.29) is 5.91 Å². The van der Waals surface area contributed by atoms with Crippen LogP contribution >= 0.6 is 0 Å². The van der Waals surface area contributed by atoms with Crippen molar-refractivity contribution < 1.29 is 9.53 Å². The van der Waals surface area contributed by atoms with E-state index in [1.54, 1.807) is 0 Å². The summed E-state index contributed by atoms with van der Waals surface area (Å²) in [7, 11) is 0. The molecule has 1 fully saturated rings. The molecule has 0 radical (unpaired) electrons. The molecular formula is C9H18N2O2. The van der Waals surface area contributed by atoms with Crippen molar-refractivity contribution in [3.05, 3.63) is 0 Å². The SMILES string of the molecule is NC(=O)CCOCCC1CCNC1. The molecule has 0 aromatic carbocycles. The summed E-state index contributed by atoms with van der Waals surface area (Å²) in [6.45, 7) is 3.46. The number of ether oxygens (including phenoxy) is 1. The predicted octanol–water partition coefficient (Wildman–Crippen LogP) is -0.122. The van der Waals surface area contributed by atoms with Gasteiger partial charge in [-0.05, 0) is 31.8 Å². The first-order chi connectivity index (χ1) is 6.29. The van der Waals surface area contributed by atoms with Crippen LogP contribution in [0.5, 0.6) is 0 Å². The minimum Gasteiger partial charge on any atom is -0.381 e. The third-order valence-electron chi connectivity index (χ3n) is 2.33. The number of carbonyl (C=O) groups excluding carboxylic acids is 1. The fourth-order valence-corrected chi connectivity index (χ4v) is 1.49. The molecule has 1 rings (SSSR count). The number of nitrogens with two attached hydrogens (primary N) is 1. The third kappa shape index (κ3) is 4.85. The van der Waals surface area contributed by atoms with E-state index in [0.29, 0.717) is 13.0 Å². The van der Waals surface area contributed by atoms with Gasteiger partial charge in [0, 0.05) is 13.0 Å². The molecule has 0 aliphatic carbocycles. The van der Waals surface area contributed by atoms with Crippen molar-refractivity contribution in [1.82, 2.24) is 5.32 Å². The van der Waals surface area contributed by atoms with Gasteiger partial charge >= 0.3 is 0 Å². The molecule has 4 heteroatoms. The molecule has 1 amide bonds. The number of hydrogen-bond donors (Lipinski definition) is 2. The van der Waals surface area contributed by atoms with Crippen LogP contribution in [0.4, 0.5) is 0 Å². The van der Waals surface area contributed by atoms with Gasteiger partial charge in [-0.25, -0.2) is 0 Å². The highest BCUT2D eigenvalue weighted by Crippen LogP contribution is 2.11. The topological polar surface area (TPSA) is 64.4 Å². The molecule has 1 aliphatic heterocycles. The van der Waals surface area contributed by atoms with E-state index in [1.165, 1.54) is 6.42 Å². The van der Waals surface area contributed by atoms with Gasteiger partial charge < -0.3 is 15.8 Å². The number of carbonyl (C=O) groups is 1. The first-order valence-corrected chi connectivity index (χ1v) is 4.86. The van der Waals surface area contributed by atoms with Gasteiger partial charge in [-0.2, -0.15) is 0 Å². The maximum absolute atomic E-state index is 10.4. The maximum Gasteiger partial charge on any atom is 0.219 e. The highest BCUT2D eigenvalue weighted by atomic mass is 16.5. The Bertz CT molecular complexity index is 156. The van der Waals surface area contributed by atoms with Gasteiger partial charge in [0.15, 0.2) is 0 Å². The molecule has 0 spiro atoms. The van der Waals surface area contributed by atoms with Crippen molar-refractivity contribution in [2.75, 3.05) is 26.3 Å². The Balaban J connectivity index is 1.86. The summed E-state index contributed by atoms with van der Waals surface area (Å²) >= 11 is 0. The summed E-state index contributed by atoms with van der Waals surface area (Å²) in [4.78, 5) is 10.4. The molecular weight excluding hydrogens is 168 g/mol. The van der Waals surface area contributed by atoms with Gasteiger partial charge in [-0.3, -0.25) is 4.79 Å². The fourth-order valence-electron chi connectivity index (χ4n) is 1.49. The number of primary amides is 1. The molecule has 1 saturated heterocycles. The lowest BCUT2D eigenvalue weighted by molar-refractivity contribution is -0.119. The van der Waals surface area contributed by atoms with Gasteiger partial charge in [-0.15, -0.1) is 0 Å². The van der Waals surface area contributed by atoms with Gasteiger partial charge in [0.25, 0.3) is 0 Å². The zero-order chi connectivity index (χ0) is 9.52. The Kier molecular flexibility index (Phi) is 4.78. The summed E-state index contributed by atoms with van der Waals surface area (Å²) in [6.07, 6.45) is 2.67. The smallest absolute Gasteiger partial charge is 0.219 e. The Hall–Kier alpha value is -0.610. The molecule has 0 aromatic rings. The second kappa shape index (κ2) is 5.94. The monoisotopic (exact) mass is 186 g/mol. The van der Waals surface area contributed by atoms with Crippen LogP contribution in [-0.4, -0.2) is 32.2 Å². The minimum atomic E-state index is -0.289. The molecule has 0 bridgehead atoms. The predicted molar refractivity (Wildman–Crippen MR) is 50.2 cm³/mol. The zero-order valence-corrected chi connectivity index (χ0v) is 7.92. The summed E-state index contributed by atoms with van der Waals surface area (Å²) in [5, 5.41) is 3.30. The average Bonchev–Trinajstić information content (AvgIpc) is 2.55. The normalized spacial score (nSPS) is 22.0. The summed E-state index contributed by atoms with van der Waals surface area (Å²) in [5.41, 5.74) is 4.97. The number of rotatable bonds is 6. The number of amides is 1. The molecule has 13 heavy (non-hydrogen) atoms. The second-order valence-electron chi connectivity index (χ2n) is 3.48. The van der Waals surface area contributed by atoms with Gasteiger partial charge in [-0.1, -0.05) is 0 Å². The first-order valence-electron chi connectivity index (χ1n) is 4.86. The average molecular weight is 186 g/mol. The fraction of sp³-hybridized carbons (Fsp3) is 0.889. The van der Waals surface area contributed by atoms with Gasteiger partial charge in [0.1, 0.15) is 0 Å². The molecule has 4 nitrogen and oxygen atoms in total. The van der Waals surface area contributed by atoms with E-state index in [1.807, 2.05) is 0 Å². The summed E-state index contributed by atoms with van der Waals surface area (Å²) < 4.78 is 5.28. The largest absolute Gasteiger partial charge is 0.381 e. The Morgan fingerprint density at radius 3 is 3.00 bits per heavy atom. The van der Waals surface area contributed by atoms with Gasteiger partial charge in [0.05, 0.1) is 6.61 Å². The van der Waals surface area contributed by atoms with Crippen molar-refractivity contribution in [2.24, 2.45) is 11.7 Å². The zero-order valence-electron chi connectivity index (χ0n) is 7.92. The molecule has 1 aliphatic rings. The van der Waals surface area contributed by atoms with E-state index in [0.717, 1.165) is 32.0 Å². The molecule has 3 N–H and O–H groups in total. The van der Waals surface area contributed by atoms with Crippen LogP contribution < -0.4 is 11.1 Å². The molecule has 1 heterocycles. The second-order valence-corrected chi connectivity index (χ2v) is 3.48. The van der Waals surface area contributed by atoms with Crippen LogP contribution in [-0.2, 0) is 9.53 Å². The van der Waals surface area contributed by atoms with Crippen LogP contribution in [0.25, 0.3) is 0 Å². The standard InChI is InChI=1S/C9H18N2O2/c10-9(12)3-6-13-5-2-8-1-4-11-7-8/h8,11H,1-7H2,(H2,10,12). The highest BCUT2D eigenvalue weighted by Gasteiger charge is 2.13. The van der Waals surface area contributed by atoms with Crippen LogP contribution in [0.15, 0.2) is 0 Å². The maximum atomic E-state index is 10.4. The van der Waals surface area contributed by atoms with Crippen LogP contribution in [0.2, 0.25) is 0 Å². The van der Waals surface area contributed by atoms with Crippen molar-refractivity contribution in [2.45, 2.75) is 19.3 Å². The summed E-state index contributed by atoms with van der Waals surface area (Å²) in [6, 6.07) is 0. The number of hydrogen-bond acceptors (Lipinski definition) is 3. The van der Waals surface area contributed by atoms with E-state index in [4.69, 9.17) is 10.5 Å². The molecule has 1 atom stereocenters. The first kappa shape index (κ1) is 10.5. The quantitative estimate of drug-likeness (QED) is 0.568. The Morgan fingerprint density at radius 2 is 2.38 bits per heavy atom. The van der Waals surface area contributed by atoms with Crippen molar-refractivity contribution in [3.8, 4) is 0 Å². The molecule has 76 valence electrons. The number of nitrogens with one attached hydrogen (secondary N) is 1. The lowest BCUT2D eigenvalue weighted by Crippen LogP contribution is -2.15. The van der Waals surface area contributed by atoms with Crippen LogP contribution in [0.3, 0.4) is 0 Å². The summed E-state index contributed by atoms with van der Waals surface area (Å²) in [5.74, 6) is 0.469. The van der Waals surface area contributed by atoms with Gasteiger partial charge in [0.2, 0.25) is 5.91 Å². The van der Waals surface area contributed by atoms with Crippen LogP contribution in [0, 0.1) is 5.92 Å². The van der Waals surface area contributed by atoms with Crippen molar-refractivity contribution in [3.63, 3.8) is 0 Å². The van der Waals surface area contributed by atoms with Crippen LogP contribution in [0.1, 0.15) is 19.3 Å². The molecule has 0 saturated carbocycles. The van der Waals surface area contributed by atoms with E-state index < -0.39 is 0 Å². The Labute approximate surface area is 78.8 Å². The lowest BCUT2D eigenvalue weighted by Gasteiger charge is -2.07. The lowest BCUT2D eigenvalue weighted by atomic mass is 10.1.